The van der Waals surface area contributed by atoms with Gasteiger partial charge in [0.05, 0.1) is 9.79 Å². The number of rotatable bonds is 2. The topological polar surface area (TPSA) is 36.4 Å². The molecule has 2 aromatic carbocycles. The summed E-state index contributed by atoms with van der Waals surface area (Å²) < 4.78 is 3.46. The Labute approximate surface area is 91.2 Å². The molecule has 0 atom stereocenters. The molecule has 0 saturated carbocycles. The molecule has 0 fully saturated rings. The second kappa shape index (κ2) is 4.69. The number of benzene rings is 2. The van der Waals surface area contributed by atoms with E-state index in [0.717, 1.165) is 9.79 Å². The van der Waals surface area contributed by atoms with E-state index in [-0.39, 0.29) is 0 Å². The van der Waals surface area contributed by atoms with E-state index >= 15 is 0 Å². The van der Waals surface area contributed by atoms with Crippen LogP contribution in [-0.2, 0) is 10.7 Å². The van der Waals surface area contributed by atoms with Gasteiger partial charge in [0.1, 0.15) is 0 Å². The Morgan fingerprint density at radius 1 is 0.733 bits per heavy atom. The van der Waals surface area contributed by atoms with Crippen LogP contribution in [0.5, 0.6) is 0 Å². The molecule has 0 bridgehead atoms. The van der Waals surface area contributed by atoms with Gasteiger partial charge in [-0.3, -0.25) is 0 Å². The van der Waals surface area contributed by atoms with Gasteiger partial charge in [-0.2, -0.15) is 0 Å². The first-order chi connectivity index (χ1) is 7.42. The molecule has 0 aliphatic carbocycles. The summed E-state index contributed by atoms with van der Waals surface area (Å²) in [5.41, 5.74) is 9.07. The van der Waals surface area contributed by atoms with Crippen molar-refractivity contribution in [1.29, 1.82) is 0 Å². The van der Waals surface area contributed by atoms with Crippen LogP contribution in [0.15, 0.2) is 70.5 Å². The first-order valence-corrected chi connectivity index (χ1v) is 5.79. The van der Waals surface area contributed by atoms with E-state index in [0.29, 0.717) is 0 Å². The molecule has 0 radical (unpaired) electrons. The molecule has 0 N–H and O–H groups in total. The van der Waals surface area contributed by atoms with Crippen molar-refractivity contribution in [3.8, 4) is 0 Å². The molecule has 0 aliphatic rings. The van der Waals surface area contributed by atoms with E-state index in [4.69, 9.17) is 5.53 Å². The van der Waals surface area contributed by atoms with Crippen LogP contribution in [0.4, 0.5) is 0 Å². The van der Waals surface area contributed by atoms with Gasteiger partial charge in [0, 0.05) is 0 Å². The van der Waals surface area contributed by atoms with Crippen molar-refractivity contribution in [3.63, 3.8) is 0 Å². The molecule has 74 valence electrons. The van der Waals surface area contributed by atoms with Crippen LogP contribution in [0, 0.1) is 0 Å². The van der Waals surface area contributed by atoms with Crippen LogP contribution in [-0.4, -0.2) is 0 Å². The summed E-state index contributed by atoms with van der Waals surface area (Å²) in [4.78, 5) is 2.04. The van der Waals surface area contributed by atoms with Crippen LogP contribution in [0.1, 0.15) is 0 Å². The Kier molecular flexibility index (Phi) is 3.08. The molecule has 0 aromatic heterocycles. The summed E-state index contributed by atoms with van der Waals surface area (Å²) in [5, 5.41) is 0. The van der Waals surface area contributed by atoms with Gasteiger partial charge in [-0.1, -0.05) is 36.4 Å². The van der Waals surface area contributed by atoms with Gasteiger partial charge < -0.3 is 5.53 Å². The van der Waals surface area contributed by atoms with Gasteiger partial charge in [0.15, 0.2) is 0 Å². The summed E-state index contributed by atoms with van der Waals surface area (Å²) in [6.07, 6.45) is 0. The minimum Gasteiger partial charge on any atom is -0.350 e. The molecule has 0 spiro atoms. The maximum atomic E-state index is 9.07. The Balaban J connectivity index is 2.48. The van der Waals surface area contributed by atoms with Crippen molar-refractivity contribution in [2.24, 2.45) is 0 Å². The number of hydrogen-bond acceptors (Lipinski definition) is 0. The van der Waals surface area contributed by atoms with Crippen molar-refractivity contribution in [3.05, 3.63) is 66.2 Å². The Morgan fingerprint density at radius 3 is 1.47 bits per heavy atom. The van der Waals surface area contributed by atoms with Crippen molar-refractivity contribution in [2.45, 2.75) is 9.79 Å². The molecule has 2 aromatic rings. The van der Waals surface area contributed by atoms with Gasteiger partial charge in [0.2, 0.25) is 10.7 Å². The fourth-order valence-corrected chi connectivity index (χ4v) is 2.62. The highest BCUT2D eigenvalue weighted by Crippen LogP contribution is 2.14. The number of nitrogens with zero attached hydrogens (tertiary/aromatic N) is 2. The van der Waals surface area contributed by atoms with Gasteiger partial charge in [-0.15, -0.1) is 4.16 Å². The van der Waals surface area contributed by atoms with Crippen molar-refractivity contribution < 1.29 is 0 Å². The van der Waals surface area contributed by atoms with Gasteiger partial charge in [-0.25, -0.2) is 0 Å². The van der Waals surface area contributed by atoms with Crippen molar-refractivity contribution in [1.82, 2.24) is 4.16 Å². The predicted octanol–water partition coefficient (Wildman–Crippen LogP) is 3.00. The van der Waals surface area contributed by atoms with E-state index in [1.807, 2.05) is 60.7 Å². The zero-order valence-corrected chi connectivity index (χ0v) is 8.89. The monoisotopic (exact) mass is 214 g/mol. The van der Waals surface area contributed by atoms with E-state index < -0.39 is 10.7 Å². The molecular weight excluding hydrogens is 204 g/mol. The van der Waals surface area contributed by atoms with Crippen LogP contribution in [0.25, 0.3) is 5.53 Å². The first-order valence-electron chi connectivity index (χ1n) is 4.61. The van der Waals surface area contributed by atoms with Crippen LogP contribution < -0.4 is 4.16 Å². The lowest BCUT2D eigenvalue weighted by atomic mass is 10.4. The quantitative estimate of drug-likeness (QED) is 0.544. The summed E-state index contributed by atoms with van der Waals surface area (Å²) in [6.45, 7) is 0. The average molecular weight is 214 g/mol. The van der Waals surface area contributed by atoms with E-state index in [1.54, 1.807) is 0 Å². The molecule has 0 aliphatic heterocycles. The molecular formula is C12H10N2S. The van der Waals surface area contributed by atoms with Gasteiger partial charge >= 0.3 is 0 Å². The highest BCUT2D eigenvalue weighted by molar-refractivity contribution is 7.86. The smallest absolute Gasteiger partial charge is 0.223 e. The highest BCUT2D eigenvalue weighted by Gasteiger charge is 2.10. The lowest BCUT2D eigenvalue weighted by molar-refractivity contribution is 1.37. The lowest BCUT2D eigenvalue weighted by Gasteiger charge is -1.96. The zero-order valence-electron chi connectivity index (χ0n) is 8.08. The van der Waals surface area contributed by atoms with E-state index in [1.165, 1.54) is 0 Å². The Hall–Kier alpha value is -1.70. The second-order valence-corrected chi connectivity index (χ2v) is 4.67. The van der Waals surface area contributed by atoms with Gasteiger partial charge in [0.25, 0.3) is 0 Å². The van der Waals surface area contributed by atoms with E-state index in [9.17, 15) is 0 Å². The van der Waals surface area contributed by atoms with Crippen molar-refractivity contribution >= 4 is 10.7 Å². The summed E-state index contributed by atoms with van der Waals surface area (Å²) in [7, 11) is -0.578. The Morgan fingerprint density at radius 2 is 1.13 bits per heavy atom. The second-order valence-electron chi connectivity index (χ2n) is 2.99. The third kappa shape index (κ3) is 2.21. The number of hydrogen-bond donors (Lipinski definition) is 0. The maximum absolute atomic E-state index is 9.07. The van der Waals surface area contributed by atoms with E-state index in [2.05, 4.69) is 4.16 Å². The fraction of sp³-hybridized carbons (Fsp3) is 0. The normalized spacial score (nSPS) is 9.93. The molecule has 3 heteroatoms. The third-order valence-corrected chi connectivity index (χ3v) is 3.62. The SMILES string of the molecule is [N-]=[N+]=S(c1ccccc1)c1ccccc1. The maximum Gasteiger partial charge on any atom is 0.223 e. The summed E-state index contributed by atoms with van der Waals surface area (Å²) in [5.74, 6) is 0. The standard InChI is InChI=1S/C12H10N2S/c13-14-15(11-7-3-1-4-8-11)12-9-5-2-6-10-12/h1-10H. The van der Waals surface area contributed by atoms with Crippen LogP contribution in [0.2, 0.25) is 0 Å². The molecule has 2 nitrogen and oxygen atoms in total. The van der Waals surface area contributed by atoms with Crippen molar-refractivity contribution in [2.75, 3.05) is 0 Å². The lowest BCUT2D eigenvalue weighted by Crippen LogP contribution is -1.93. The average Bonchev–Trinajstić information content (AvgIpc) is 2.33. The zero-order chi connectivity index (χ0) is 10.5. The molecule has 0 saturated heterocycles. The minimum absolute atomic E-state index is 0.578. The fourth-order valence-electron chi connectivity index (χ4n) is 1.33. The minimum atomic E-state index is -0.578. The molecule has 2 rings (SSSR count). The Bertz CT molecular complexity index is 446. The molecule has 15 heavy (non-hydrogen) atoms. The largest absolute Gasteiger partial charge is 0.350 e. The third-order valence-electron chi connectivity index (χ3n) is 2.01. The molecule has 0 heterocycles. The predicted molar refractivity (Wildman–Crippen MR) is 62.3 cm³/mol. The summed E-state index contributed by atoms with van der Waals surface area (Å²) >= 11 is 0. The molecule has 0 amide bonds. The highest BCUT2D eigenvalue weighted by atomic mass is 32.2. The van der Waals surface area contributed by atoms with Crippen LogP contribution >= 0.6 is 0 Å². The van der Waals surface area contributed by atoms with Crippen LogP contribution in [0.3, 0.4) is 0 Å². The first kappa shape index (κ1) is 9.84. The van der Waals surface area contributed by atoms with Gasteiger partial charge in [-0.05, 0) is 24.3 Å². The summed E-state index contributed by atoms with van der Waals surface area (Å²) in [6, 6.07) is 19.6. The molecule has 0 unspecified atom stereocenters.